The predicted octanol–water partition coefficient (Wildman–Crippen LogP) is 2.37. The molecule has 2 aromatic carbocycles. The molecule has 1 atom stereocenters. The van der Waals surface area contributed by atoms with E-state index in [4.69, 9.17) is 0 Å². The number of piperidine rings is 1. The van der Waals surface area contributed by atoms with Gasteiger partial charge in [0.1, 0.15) is 6.04 Å². The Labute approximate surface area is 175 Å². The lowest BCUT2D eigenvalue weighted by atomic mass is 10.0. The molecule has 1 fully saturated rings. The third-order valence-electron chi connectivity index (χ3n) is 4.94. The minimum Gasteiger partial charge on any atom is -0.383 e. The highest BCUT2D eigenvalue weighted by molar-refractivity contribution is 7.89. The zero-order valence-electron chi connectivity index (χ0n) is 16.4. The number of rotatable bonds is 8. The number of amides is 1. The van der Waals surface area contributed by atoms with Crippen molar-refractivity contribution in [1.29, 1.82) is 0 Å². The summed E-state index contributed by atoms with van der Waals surface area (Å²) < 4.78 is 27.3. The second kappa shape index (κ2) is 9.68. The molecule has 0 aliphatic carbocycles. The monoisotopic (exact) mass is 432 g/mol. The van der Waals surface area contributed by atoms with Crippen molar-refractivity contribution in [3.63, 3.8) is 0 Å². The van der Waals surface area contributed by atoms with Gasteiger partial charge in [-0.2, -0.15) is 4.31 Å². The van der Waals surface area contributed by atoms with Crippen LogP contribution in [0.1, 0.15) is 19.3 Å². The Morgan fingerprint density at radius 1 is 1.07 bits per heavy atom. The van der Waals surface area contributed by atoms with Gasteiger partial charge >= 0.3 is 0 Å². The molecule has 1 aliphatic heterocycles. The first-order valence-electron chi connectivity index (χ1n) is 9.72. The molecule has 0 unspecified atom stereocenters. The summed E-state index contributed by atoms with van der Waals surface area (Å²) in [6.07, 6.45) is 1.99. The quantitative estimate of drug-likeness (QED) is 0.375. The van der Waals surface area contributed by atoms with E-state index in [1.165, 1.54) is 28.6 Å². The number of hydrogen-bond donors (Lipinski definition) is 2. The fourth-order valence-corrected chi connectivity index (χ4v) is 5.07. The summed E-state index contributed by atoms with van der Waals surface area (Å²) in [5.41, 5.74) is 0.701. The van der Waals surface area contributed by atoms with E-state index in [0.717, 1.165) is 12.8 Å². The maximum Gasteiger partial charge on any atom is 0.269 e. The van der Waals surface area contributed by atoms with Crippen LogP contribution in [-0.4, -0.2) is 49.2 Å². The molecule has 0 spiro atoms. The summed E-state index contributed by atoms with van der Waals surface area (Å²) in [5.74, 6) is -0.320. The van der Waals surface area contributed by atoms with E-state index in [1.807, 2.05) is 0 Å². The van der Waals surface area contributed by atoms with Crippen molar-refractivity contribution in [3.05, 3.63) is 64.7 Å². The normalized spacial score (nSPS) is 17.3. The Kier molecular flexibility index (Phi) is 7.01. The van der Waals surface area contributed by atoms with Crippen molar-refractivity contribution in [2.45, 2.75) is 30.2 Å². The molecule has 0 radical (unpaired) electrons. The maximum absolute atomic E-state index is 13.0. The fraction of sp³-hybridized carbons (Fsp3) is 0.350. The Hall–Kier alpha value is -2.98. The largest absolute Gasteiger partial charge is 0.383 e. The lowest BCUT2D eigenvalue weighted by Crippen LogP contribution is -2.52. The van der Waals surface area contributed by atoms with Crippen LogP contribution in [0.2, 0.25) is 0 Å². The molecule has 0 saturated carbocycles. The maximum atomic E-state index is 13.0. The number of nitrogens with one attached hydrogen (secondary N) is 2. The van der Waals surface area contributed by atoms with E-state index in [-0.39, 0.29) is 16.5 Å². The highest BCUT2D eigenvalue weighted by Crippen LogP contribution is 2.25. The molecule has 0 bridgehead atoms. The van der Waals surface area contributed by atoms with Crippen LogP contribution in [0.5, 0.6) is 0 Å². The predicted molar refractivity (Wildman–Crippen MR) is 113 cm³/mol. The summed E-state index contributed by atoms with van der Waals surface area (Å²) in [7, 11) is -3.74. The third kappa shape index (κ3) is 5.14. The first-order valence-corrected chi connectivity index (χ1v) is 11.2. The third-order valence-corrected chi connectivity index (χ3v) is 6.86. The Bertz CT molecular complexity index is 980. The number of nitro benzene ring substituents is 1. The Morgan fingerprint density at radius 3 is 2.43 bits per heavy atom. The van der Waals surface area contributed by atoms with Gasteiger partial charge < -0.3 is 10.6 Å². The van der Waals surface area contributed by atoms with Gasteiger partial charge in [-0.05, 0) is 37.1 Å². The fourth-order valence-electron chi connectivity index (χ4n) is 3.39. The van der Waals surface area contributed by atoms with Crippen LogP contribution in [0.25, 0.3) is 0 Å². The van der Waals surface area contributed by atoms with Gasteiger partial charge in [-0.25, -0.2) is 8.42 Å². The van der Waals surface area contributed by atoms with Gasteiger partial charge in [-0.3, -0.25) is 14.9 Å². The van der Waals surface area contributed by atoms with E-state index in [9.17, 15) is 23.3 Å². The molecule has 30 heavy (non-hydrogen) atoms. The molecular weight excluding hydrogens is 408 g/mol. The number of sulfonamides is 1. The van der Waals surface area contributed by atoms with Gasteiger partial charge in [0.15, 0.2) is 0 Å². The minimum atomic E-state index is -3.74. The van der Waals surface area contributed by atoms with Gasteiger partial charge in [-0.15, -0.1) is 0 Å². The van der Waals surface area contributed by atoms with Crippen LogP contribution in [0.4, 0.5) is 11.4 Å². The zero-order chi connectivity index (χ0) is 21.6. The molecule has 1 aliphatic rings. The van der Waals surface area contributed by atoms with Crippen LogP contribution in [0.15, 0.2) is 59.5 Å². The van der Waals surface area contributed by atoms with E-state index in [2.05, 4.69) is 10.6 Å². The number of anilines is 1. The molecule has 2 N–H and O–H groups in total. The van der Waals surface area contributed by atoms with Crippen molar-refractivity contribution in [3.8, 4) is 0 Å². The summed E-state index contributed by atoms with van der Waals surface area (Å²) in [4.78, 5) is 23.1. The summed E-state index contributed by atoms with van der Waals surface area (Å²) in [5, 5.41) is 16.5. The minimum absolute atomic E-state index is 0.00543. The number of carbonyl (C=O) groups is 1. The van der Waals surface area contributed by atoms with Crippen molar-refractivity contribution >= 4 is 27.3 Å². The first-order chi connectivity index (χ1) is 14.4. The second-order valence-corrected chi connectivity index (χ2v) is 8.85. The molecule has 1 heterocycles. The number of benzene rings is 2. The summed E-state index contributed by atoms with van der Waals surface area (Å²) in [6.45, 7) is 1.02. The number of hydrogen-bond acceptors (Lipinski definition) is 6. The molecule has 0 aromatic heterocycles. The van der Waals surface area contributed by atoms with Gasteiger partial charge in [0.05, 0.1) is 9.82 Å². The molecule has 10 heteroatoms. The molecule has 9 nitrogen and oxygen atoms in total. The smallest absolute Gasteiger partial charge is 0.269 e. The summed E-state index contributed by atoms with van der Waals surface area (Å²) >= 11 is 0. The van der Waals surface area contributed by atoms with Crippen LogP contribution in [0.3, 0.4) is 0 Å². The van der Waals surface area contributed by atoms with Gasteiger partial charge in [0.25, 0.3) is 5.69 Å². The van der Waals surface area contributed by atoms with Crippen molar-refractivity contribution in [2.24, 2.45) is 0 Å². The van der Waals surface area contributed by atoms with Crippen LogP contribution in [-0.2, 0) is 14.8 Å². The molecular formula is C20H24N4O5S. The van der Waals surface area contributed by atoms with Crippen molar-refractivity contribution in [1.82, 2.24) is 9.62 Å². The molecule has 3 rings (SSSR count). The lowest BCUT2D eigenvalue weighted by Gasteiger charge is -2.33. The standard InChI is InChI=1S/C20H24N4O5S/c25-20(22-14-13-21-16-9-11-17(12-10-16)24(26)27)19-8-4-5-15-23(19)30(28,29)18-6-2-1-3-7-18/h1-3,6-7,9-12,19,21H,4-5,8,13-15H2,(H,22,25)/t19-/m0/s1. The SMILES string of the molecule is O=C(NCCNc1ccc([N+](=O)[O-])cc1)[C@@H]1CCCCN1S(=O)(=O)c1ccccc1. The first kappa shape index (κ1) is 21.7. The van der Waals surface area contributed by atoms with E-state index in [0.29, 0.717) is 31.7 Å². The van der Waals surface area contributed by atoms with Crippen molar-refractivity contribution < 1.29 is 18.1 Å². The molecule has 1 amide bonds. The van der Waals surface area contributed by atoms with Crippen LogP contribution in [0, 0.1) is 10.1 Å². The average molecular weight is 433 g/mol. The van der Waals surface area contributed by atoms with Crippen LogP contribution >= 0.6 is 0 Å². The Balaban J connectivity index is 1.56. The van der Waals surface area contributed by atoms with Gasteiger partial charge in [-0.1, -0.05) is 24.6 Å². The van der Waals surface area contributed by atoms with Gasteiger partial charge in [0, 0.05) is 37.5 Å². The number of carbonyl (C=O) groups excluding carboxylic acids is 1. The summed E-state index contributed by atoms with van der Waals surface area (Å²) in [6, 6.07) is 13.4. The number of nitrogens with zero attached hydrogens (tertiary/aromatic N) is 2. The van der Waals surface area contributed by atoms with Crippen molar-refractivity contribution in [2.75, 3.05) is 25.0 Å². The molecule has 160 valence electrons. The highest BCUT2D eigenvalue weighted by Gasteiger charge is 2.37. The Morgan fingerprint density at radius 2 is 1.77 bits per heavy atom. The number of nitro groups is 1. The van der Waals surface area contributed by atoms with Crippen LogP contribution < -0.4 is 10.6 Å². The zero-order valence-corrected chi connectivity index (χ0v) is 17.2. The van der Waals surface area contributed by atoms with E-state index in [1.54, 1.807) is 30.3 Å². The topological polar surface area (TPSA) is 122 Å². The van der Waals surface area contributed by atoms with E-state index < -0.39 is 21.0 Å². The molecule has 2 aromatic rings. The highest BCUT2D eigenvalue weighted by atomic mass is 32.2. The second-order valence-electron chi connectivity index (χ2n) is 6.96. The number of non-ortho nitro benzene ring substituents is 1. The lowest BCUT2D eigenvalue weighted by molar-refractivity contribution is -0.384. The molecule has 1 saturated heterocycles. The van der Waals surface area contributed by atoms with Gasteiger partial charge in [0.2, 0.25) is 15.9 Å². The average Bonchev–Trinajstić information content (AvgIpc) is 2.77. The van der Waals surface area contributed by atoms with E-state index >= 15 is 0 Å².